The standard InChI is InChI=1S/C18H10N4S/c1-2-4-12-7-20-15(5-11(12)3-1)16-6-17-13(9-21-16)14-8-19-10-22-18(14)23-17/h1-10H. The normalized spacial score (nSPS) is 11.5. The van der Waals surface area contributed by atoms with Gasteiger partial charge in [0, 0.05) is 39.4 Å². The molecule has 0 saturated heterocycles. The summed E-state index contributed by atoms with van der Waals surface area (Å²) >= 11 is 1.66. The first-order valence-electron chi connectivity index (χ1n) is 7.22. The van der Waals surface area contributed by atoms with Crippen LogP contribution in [0.25, 0.3) is 42.5 Å². The average molecular weight is 314 g/mol. The van der Waals surface area contributed by atoms with Crippen LogP contribution in [-0.2, 0) is 0 Å². The molecule has 1 aromatic carbocycles. The predicted octanol–water partition coefficient (Wildman–Crippen LogP) is 4.45. The Balaban J connectivity index is 1.73. The molecule has 5 rings (SSSR count). The van der Waals surface area contributed by atoms with Gasteiger partial charge in [-0.2, -0.15) is 0 Å². The van der Waals surface area contributed by atoms with Crippen molar-refractivity contribution in [3.8, 4) is 11.4 Å². The molecule has 0 aliphatic heterocycles. The van der Waals surface area contributed by atoms with Gasteiger partial charge in [0.05, 0.1) is 11.4 Å². The van der Waals surface area contributed by atoms with Crippen LogP contribution in [0.1, 0.15) is 0 Å². The number of aromatic nitrogens is 4. The molecule has 4 nitrogen and oxygen atoms in total. The first kappa shape index (κ1) is 12.6. The molecule has 0 radical (unpaired) electrons. The van der Waals surface area contributed by atoms with Gasteiger partial charge in [-0.3, -0.25) is 9.97 Å². The monoisotopic (exact) mass is 314 g/mol. The maximum atomic E-state index is 4.59. The number of hydrogen-bond donors (Lipinski definition) is 0. The summed E-state index contributed by atoms with van der Waals surface area (Å²) < 4.78 is 1.15. The Morgan fingerprint density at radius 3 is 2.52 bits per heavy atom. The summed E-state index contributed by atoms with van der Waals surface area (Å²) in [5, 5.41) is 4.45. The van der Waals surface area contributed by atoms with Gasteiger partial charge in [-0.25, -0.2) is 9.97 Å². The van der Waals surface area contributed by atoms with E-state index in [1.165, 1.54) is 5.39 Å². The van der Waals surface area contributed by atoms with Gasteiger partial charge < -0.3 is 0 Å². The molecule has 0 N–H and O–H groups in total. The number of fused-ring (bicyclic) bond motifs is 4. The molecule has 4 heterocycles. The van der Waals surface area contributed by atoms with Crippen molar-refractivity contribution in [3.05, 3.63) is 61.3 Å². The zero-order valence-electron chi connectivity index (χ0n) is 12.0. The maximum absolute atomic E-state index is 4.59. The molecule has 0 aliphatic carbocycles. The van der Waals surface area contributed by atoms with Crippen molar-refractivity contribution >= 4 is 42.4 Å². The third kappa shape index (κ3) is 1.98. The maximum Gasteiger partial charge on any atom is 0.127 e. The van der Waals surface area contributed by atoms with Gasteiger partial charge in [0.15, 0.2) is 0 Å². The van der Waals surface area contributed by atoms with Crippen LogP contribution in [-0.4, -0.2) is 19.9 Å². The van der Waals surface area contributed by atoms with E-state index in [0.29, 0.717) is 0 Å². The summed E-state index contributed by atoms with van der Waals surface area (Å²) in [7, 11) is 0. The highest BCUT2D eigenvalue weighted by molar-refractivity contribution is 7.25. The quantitative estimate of drug-likeness (QED) is 0.458. The smallest absolute Gasteiger partial charge is 0.127 e. The highest BCUT2D eigenvalue weighted by Crippen LogP contribution is 2.33. The van der Waals surface area contributed by atoms with Crippen molar-refractivity contribution in [2.45, 2.75) is 0 Å². The highest BCUT2D eigenvalue weighted by atomic mass is 32.1. The molecule has 0 bridgehead atoms. The predicted molar refractivity (Wildman–Crippen MR) is 93.5 cm³/mol. The van der Waals surface area contributed by atoms with Crippen LogP contribution in [0.5, 0.6) is 0 Å². The molecule has 0 saturated carbocycles. The first-order chi connectivity index (χ1) is 11.4. The number of thiophene rings is 1. The Kier molecular flexibility index (Phi) is 2.63. The van der Waals surface area contributed by atoms with Gasteiger partial charge in [0.25, 0.3) is 0 Å². The Morgan fingerprint density at radius 2 is 1.57 bits per heavy atom. The van der Waals surface area contributed by atoms with Crippen LogP contribution >= 0.6 is 11.3 Å². The highest BCUT2D eigenvalue weighted by Gasteiger charge is 2.09. The van der Waals surface area contributed by atoms with E-state index < -0.39 is 0 Å². The van der Waals surface area contributed by atoms with Crippen molar-refractivity contribution in [2.24, 2.45) is 0 Å². The number of pyridine rings is 2. The Hall–Kier alpha value is -2.92. The molecule has 5 aromatic rings. The summed E-state index contributed by atoms with van der Waals surface area (Å²) in [5.41, 5.74) is 1.76. The molecule has 0 aliphatic rings. The number of nitrogens with zero attached hydrogens (tertiary/aromatic N) is 4. The lowest BCUT2D eigenvalue weighted by Crippen LogP contribution is -1.87. The molecular weight excluding hydrogens is 304 g/mol. The van der Waals surface area contributed by atoms with Crippen LogP contribution in [0.2, 0.25) is 0 Å². The van der Waals surface area contributed by atoms with Crippen molar-refractivity contribution in [1.82, 2.24) is 19.9 Å². The lowest BCUT2D eigenvalue weighted by molar-refractivity contribution is 1.23. The van der Waals surface area contributed by atoms with Crippen molar-refractivity contribution < 1.29 is 0 Å². The van der Waals surface area contributed by atoms with E-state index in [1.807, 2.05) is 30.7 Å². The largest absolute Gasteiger partial charge is 0.254 e. The van der Waals surface area contributed by atoms with E-state index in [0.717, 1.165) is 37.1 Å². The minimum Gasteiger partial charge on any atom is -0.254 e. The van der Waals surface area contributed by atoms with Crippen molar-refractivity contribution in [1.29, 1.82) is 0 Å². The second kappa shape index (κ2) is 4.79. The summed E-state index contributed by atoms with van der Waals surface area (Å²) in [6.07, 6.45) is 7.21. The molecular formula is C18H10N4S. The second-order valence-corrected chi connectivity index (χ2v) is 6.36. The zero-order chi connectivity index (χ0) is 15.2. The fourth-order valence-corrected chi connectivity index (χ4v) is 3.80. The van der Waals surface area contributed by atoms with Crippen LogP contribution in [0.15, 0.2) is 61.3 Å². The topological polar surface area (TPSA) is 51.6 Å². The molecule has 0 atom stereocenters. The van der Waals surface area contributed by atoms with E-state index in [2.05, 4.69) is 44.2 Å². The molecule has 0 fully saturated rings. The third-order valence-electron chi connectivity index (χ3n) is 3.93. The van der Waals surface area contributed by atoms with Gasteiger partial charge in [-0.15, -0.1) is 11.3 Å². The average Bonchev–Trinajstić information content (AvgIpc) is 2.99. The summed E-state index contributed by atoms with van der Waals surface area (Å²) in [6.45, 7) is 0. The van der Waals surface area contributed by atoms with Gasteiger partial charge in [0.1, 0.15) is 11.2 Å². The van der Waals surface area contributed by atoms with E-state index in [1.54, 1.807) is 17.7 Å². The summed E-state index contributed by atoms with van der Waals surface area (Å²) in [6, 6.07) is 12.4. The van der Waals surface area contributed by atoms with E-state index >= 15 is 0 Å². The molecule has 4 aromatic heterocycles. The first-order valence-corrected chi connectivity index (χ1v) is 8.03. The molecule has 108 valence electrons. The number of hydrogen-bond acceptors (Lipinski definition) is 5. The van der Waals surface area contributed by atoms with E-state index in [-0.39, 0.29) is 0 Å². The number of rotatable bonds is 1. The SMILES string of the molecule is c1ccc2cc(-c3cc4sc5ncncc5c4cn3)ncc2c1. The molecule has 5 heteroatoms. The van der Waals surface area contributed by atoms with E-state index in [9.17, 15) is 0 Å². The second-order valence-electron chi connectivity index (χ2n) is 5.33. The van der Waals surface area contributed by atoms with Gasteiger partial charge in [0.2, 0.25) is 0 Å². The van der Waals surface area contributed by atoms with Crippen molar-refractivity contribution in [3.63, 3.8) is 0 Å². The summed E-state index contributed by atoms with van der Waals surface area (Å²) in [4.78, 5) is 18.6. The molecule has 0 unspecified atom stereocenters. The Labute approximate surface area is 135 Å². The fraction of sp³-hybridized carbons (Fsp3) is 0. The molecule has 0 amide bonds. The van der Waals surface area contributed by atoms with Crippen LogP contribution in [0.3, 0.4) is 0 Å². The Morgan fingerprint density at radius 1 is 0.739 bits per heavy atom. The molecule has 23 heavy (non-hydrogen) atoms. The lowest BCUT2D eigenvalue weighted by Gasteiger charge is -2.02. The Bertz CT molecular complexity index is 1180. The molecule has 0 spiro atoms. The minimum absolute atomic E-state index is 0.878. The fourth-order valence-electron chi connectivity index (χ4n) is 2.78. The van der Waals surface area contributed by atoms with Crippen LogP contribution in [0.4, 0.5) is 0 Å². The number of benzene rings is 1. The zero-order valence-corrected chi connectivity index (χ0v) is 12.8. The van der Waals surface area contributed by atoms with Crippen molar-refractivity contribution in [2.75, 3.05) is 0 Å². The lowest BCUT2D eigenvalue weighted by atomic mass is 10.1. The van der Waals surface area contributed by atoms with Gasteiger partial charge >= 0.3 is 0 Å². The minimum atomic E-state index is 0.878. The van der Waals surface area contributed by atoms with E-state index in [4.69, 9.17) is 0 Å². The van der Waals surface area contributed by atoms with Crippen LogP contribution in [0, 0.1) is 0 Å². The van der Waals surface area contributed by atoms with Gasteiger partial charge in [-0.05, 0) is 17.5 Å². The third-order valence-corrected chi connectivity index (χ3v) is 5.01. The van der Waals surface area contributed by atoms with Gasteiger partial charge in [-0.1, -0.05) is 24.3 Å². The summed E-state index contributed by atoms with van der Waals surface area (Å²) in [5.74, 6) is 0. The van der Waals surface area contributed by atoms with Crippen LogP contribution < -0.4 is 0 Å².